The monoisotopic (exact) mass is 351 g/mol. The molecule has 2 N–H and O–H groups in total. The maximum absolute atomic E-state index is 12.2. The van der Waals surface area contributed by atoms with E-state index in [1.54, 1.807) is 0 Å². The number of carbonyl (C=O) groups excluding carboxylic acids is 1. The number of aryl methyl sites for hydroxylation is 1. The van der Waals surface area contributed by atoms with E-state index in [0.717, 1.165) is 21.2 Å². The number of benzene rings is 1. The number of hydrogen-bond donors (Lipinski definition) is 2. The number of anilines is 1. The van der Waals surface area contributed by atoms with Gasteiger partial charge in [-0.2, -0.15) is 0 Å². The number of rotatable bonds is 4. The number of nitrogens with zero attached hydrogens (tertiary/aromatic N) is 1. The van der Waals surface area contributed by atoms with Crippen LogP contribution in [0.25, 0.3) is 0 Å². The van der Waals surface area contributed by atoms with Crippen molar-refractivity contribution in [1.29, 1.82) is 0 Å². The van der Waals surface area contributed by atoms with Gasteiger partial charge in [0.15, 0.2) is 5.13 Å². The molecule has 7 heteroatoms. The molecule has 0 spiro atoms. The largest absolute Gasteiger partial charge is 0.378 e. The normalized spacial score (nSPS) is 17.9. The molecule has 1 atom stereocenters. The maximum Gasteiger partial charge on any atom is 0.245 e. The van der Waals surface area contributed by atoms with Gasteiger partial charge in [-0.05, 0) is 18.6 Å². The molecule has 5 nitrogen and oxygen atoms in total. The van der Waals surface area contributed by atoms with Gasteiger partial charge in [-0.1, -0.05) is 29.8 Å². The van der Waals surface area contributed by atoms with Gasteiger partial charge in [0.1, 0.15) is 6.04 Å². The van der Waals surface area contributed by atoms with Crippen LogP contribution in [0.15, 0.2) is 24.3 Å². The summed E-state index contributed by atoms with van der Waals surface area (Å²) in [7, 11) is 0. The van der Waals surface area contributed by atoms with Gasteiger partial charge in [0, 0.05) is 22.9 Å². The minimum Gasteiger partial charge on any atom is -0.378 e. The molecule has 1 fully saturated rings. The second-order valence-electron chi connectivity index (χ2n) is 5.37. The quantitative estimate of drug-likeness (QED) is 0.888. The third-order valence-corrected chi connectivity index (χ3v) is 5.11. The first-order valence-corrected chi connectivity index (χ1v) is 8.64. The summed E-state index contributed by atoms with van der Waals surface area (Å²) < 4.78 is 5.31. The molecule has 1 amide bonds. The van der Waals surface area contributed by atoms with Crippen LogP contribution >= 0.6 is 22.9 Å². The van der Waals surface area contributed by atoms with Crippen LogP contribution in [-0.2, 0) is 16.0 Å². The summed E-state index contributed by atoms with van der Waals surface area (Å²) in [5.41, 5.74) is 1.97. The highest BCUT2D eigenvalue weighted by Gasteiger charge is 2.22. The van der Waals surface area contributed by atoms with Gasteiger partial charge >= 0.3 is 0 Å². The minimum absolute atomic E-state index is 0.109. The Morgan fingerprint density at radius 2 is 2.35 bits per heavy atom. The van der Waals surface area contributed by atoms with E-state index in [1.165, 1.54) is 11.3 Å². The highest BCUT2D eigenvalue weighted by molar-refractivity contribution is 7.15. The van der Waals surface area contributed by atoms with Crippen LogP contribution in [0, 0.1) is 6.92 Å². The van der Waals surface area contributed by atoms with Gasteiger partial charge in [0.25, 0.3) is 0 Å². The fourth-order valence-electron chi connectivity index (χ4n) is 2.39. The van der Waals surface area contributed by atoms with Gasteiger partial charge in [-0.15, -0.1) is 11.3 Å². The molecule has 2 heterocycles. The lowest BCUT2D eigenvalue weighted by atomic mass is 10.1. The van der Waals surface area contributed by atoms with Crippen LogP contribution in [-0.4, -0.2) is 36.7 Å². The lowest BCUT2D eigenvalue weighted by molar-refractivity contribution is -0.120. The summed E-state index contributed by atoms with van der Waals surface area (Å²) in [5, 5.41) is 7.35. The molecule has 1 aromatic heterocycles. The van der Waals surface area contributed by atoms with E-state index in [2.05, 4.69) is 15.6 Å². The average Bonchev–Trinajstić information content (AvgIpc) is 2.90. The van der Waals surface area contributed by atoms with E-state index in [0.29, 0.717) is 31.3 Å². The van der Waals surface area contributed by atoms with Crippen molar-refractivity contribution >= 4 is 34.0 Å². The zero-order chi connectivity index (χ0) is 16.2. The fraction of sp³-hybridized carbons (Fsp3) is 0.375. The van der Waals surface area contributed by atoms with Gasteiger partial charge < -0.3 is 15.4 Å². The lowest BCUT2D eigenvalue weighted by Gasteiger charge is -2.22. The maximum atomic E-state index is 12.2. The SMILES string of the molecule is Cc1nc(NC(=O)C2COCCN2)sc1Cc1ccccc1Cl. The van der Waals surface area contributed by atoms with E-state index >= 15 is 0 Å². The number of morpholine rings is 1. The Morgan fingerprint density at radius 1 is 1.52 bits per heavy atom. The Balaban J connectivity index is 1.68. The van der Waals surface area contributed by atoms with E-state index in [1.807, 2.05) is 31.2 Å². The minimum atomic E-state index is -0.319. The first-order chi connectivity index (χ1) is 11.1. The number of thiazole rings is 1. The van der Waals surface area contributed by atoms with Crippen LogP contribution in [0.2, 0.25) is 5.02 Å². The third kappa shape index (κ3) is 4.09. The van der Waals surface area contributed by atoms with Crippen LogP contribution in [0.5, 0.6) is 0 Å². The number of carbonyl (C=O) groups is 1. The summed E-state index contributed by atoms with van der Waals surface area (Å²) in [6.07, 6.45) is 0.712. The Morgan fingerprint density at radius 3 is 3.09 bits per heavy atom. The van der Waals surface area contributed by atoms with Crippen molar-refractivity contribution in [3.63, 3.8) is 0 Å². The van der Waals surface area contributed by atoms with Crippen molar-refractivity contribution in [2.24, 2.45) is 0 Å². The Kier molecular flexibility index (Phi) is 5.27. The molecule has 1 aliphatic heterocycles. The molecule has 0 radical (unpaired) electrons. The molecule has 2 aromatic rings. The van der Waals surface area contributed by atoms with E-state index < -0.39 is 0 Å². The van der Waals surface area contributed by atoms with Crippen molar-refractivity contribution < 1.29 is 9.53 Å². The van der Waals surface area contributed by atoms with Crippen LogP contribution < -0.4 is 10.6 Å². The summed E-state index contributed by atoms with van der Waals surface area (Å²) >= 11 is 7.70. The third-order valence-electron chi connectivity index (χ3n) is 3.67. The molecule has 1 aliphatic rings. The topological polar surface area (TPSA) is 63.2 Å². The highest BCUT2D eigenvalue weighted by atomic mass is 35.5. The number of halogens is 1. The van der Waals surface area contributed by atoms with Crippen LogP contribution in [0.3, 0.4) is 0 Å². The summed E-state index contributed by atoms with van der Waals surface area (Å²) in [6.45, 7) is 3.66. The Bertz CT molecular complexity index is 698. The molecule has 0 bridgehead atoms. The van der Waals surface area contributed by atoms with Gasteiger partial charge in [-0.3, -0.25) is 4.79 Å². The number of amides is 1. The van der Waals surface area contributed by atoms with Gasteiger partial charge in [0.05, 0.1) is 18.9 Å². The van der Waals surface area contributed by atoms with Crippen LogP contribution in [0.4, 0.5) is 5.13 Å². The smallest absolute Gasteiger partial charge is 0.245 e. The second-order valence-corrected chi connectivity index (χ2v) is 6.86. The summed E-state index contributed by atoms with van der Waals surface area (Å²) in [4.78, 5) is 17.7. The molecular formula is C16H18ClN3O2S. The molecule has 1 saturated heterocycles. The van der Waals surface area contributed by atoms with Gasteiger partial charge in [0.2, 0.25) is 5.91 Å². The number of hydrogen-bond acceptors (Lipinski definition) is 5. The molecule has 1 aromatic carbocycles. The Hall–Kier alpha value is -1.47. The standard InChI is InChI=1S/C16H18ClN3O2S/c1-10-14(8-11-4-2-3-5-12(11)17)23-16(19-10)20-15(21)13-9-22-7-6-18-13/h2-5,13,18H,6-9H2,1H3,(H,19,20,21). The van der Waals surface area contributed by atoms with Crippen molar-refractivity contribution in [1.82, 2.24) is 10.3 Å². The fourth-order valence-corrected chi connectivity index (χ4v) is 3.58. The van der Waals surface area contributed by atoms with Crippen LogP contribution in [0.1, 0.15) is 16.1 Å². The van der Waals surface area contributed by atoms with Crippen molar-refractivity contribution in [2.45, 2.75) is 19.4 Å². The van der Waals surface area contributed by atoms with E-state index in [-0.39, 0.29) is 11.9 Å². The number of nitrogens with one attached hydrogen (secondary N) is 2. The van der Waals surface area contributed by atoms with Crippen molar-refractivity contribution in [3.8, 4) is 0 Å². The van der Waals surface area contributed by atoms with Gasteiger partial charge in [-0.25, -0.2) is 4.98 Å². The zero-order valence-corrected chi connectivity index (χ0v) is 14.3. The first-order valence-electron chi connectivity index (χ1n) is 7.45. The summed E-state index contributed by atoms with van der Waals surface area (Å²) in [6, 6.07) is 7.44. The molecular weight excluding hydrogens is 334 g/mol. The first kappa shape index (κ1) is 16.4. The van der Waals surface area contributed by atoms with E-state index in [4.69, 9.17) is 16.3 Å². The lowest BCUT2D eigenvalue weighted by Crippen LogP contribution is -2.48. The van der Waals surface area contributed by atoms with Crippen molar-refractivity contribution in [2.75, 3.05) is 25.1 Å². The van der Waals surface area contributed by atoms with Crippen molar-refractivity contribution in [3.05, 3.63) is 45.4 Å². The predicted octanol–water partition coefficient (Wildman–Crippen LogP) is 2.62. The molecule has 122 valence electrons. The zero-order valence-electron chi connectivity index (χ0n) is 12.8. The molecule has 3 rings (SSSR count). The highest BCUT2D eigenvalue weighted by Crippen LogP contribution is 2.27. The Labute approximate surface area is 144 Å². The molecule has 1 unspecified atom stereocenters. The predicted molar refractivity (Wildman–Crippen MR) is 92.3 cm³/mol. The number of ether oxygens (including phenoxy) is 1. The molecule has 0 aliphatic carbocycles. The molecule has 23 heavy (non-hydrogen) atoms. The average molecular weight is 352 g/mol. The summed E-state index contributed by atoms with van der Waals surface area (Å²) in [5.74, 6) is -0.109. The second kappa shape index (κ2) is 7.40. The molecule has 0 saturated carbocycles. The number of aromatic nitrogens is 1. The van der Waals surface area contributed by atoms with E-state index in [9.17, 15) is 4.79 Å².